The molecule has 0 radical (unpaired) electrons. The Balaban J connectivity index is 0.00000320. The predicted octanol–water partition coefficient (Wildman–Crippen LogP) is 2.95. The zero-order chi connectivity index (χ0) is 25.8. The normalized spacial score (nSPS) is 25.4. The molecule has 1 amide bonds. The quantitative estimate of drug-likeness (QED) is 0.291. The number of carbonyl (C=O) groups is 1. The van der Waals surface area contributed by atoms with E-state index in [0.29, 0.717) is 6.10 Å². The minimum atomic E-state index is -0.374. The maximum Gasteiger partial charge on any atom is 1.00 e. The van der Waals surface area contributed by atoms with E-state index in [9.17, 15) is 20.1 Å². The number of hydrogen-bond donors (Lipinski definition) is 3. The average Bonchev–Trinajstić information content (AvgIpc) is 3.67. The number of carbonyl (C=O) groups excluding carboxylic acids is 1. The van der Waals surface area contributed by atoms with Crippen LogP contribution in [-0.4, -0.2) is 51.2 Å². The van der Waals surface area contributed by atoms with Gasteiger partial charge in [-0.3, -0.25) is 4.79 Å². The SMILES string of the molecule is C/C(=C\CN1C(=O)c2cccc(O)c2[N-]c2c(O)cc(O)cc21)CCC1OC1(C)CCC1OC1(C)C.[Li+]. The van der Waals surface area contributed by atoms with E-state index in [1.54, 1.807) is 12.1 Å². The average molecular weight is 501 g/mol. The Labute approximate surface area is 229 Å². The Morgan fingerprint density at radius 2 is 1.78 bits per heavy atom. The maximum atomic E-state index is 13.5. The van der Waals surface area contributed by atoms with Gasteiger partial charge < -0.3 is 35.0 Å². The molecule has 3 aliphatic rings. The van der Waals surface area contributed by atoms with Crippen LogP contribution in [0.5, 0.6) is 17.2 Å². The second kappa shape index (κ2) is 9.92. The number of hydrogen-bond acceptors (Lipinski definition) is 6. The first-order valence-electron chi connectivity index (χ1n) is 12.4. The topological polar surface area (TPSA) is 120 Å². The molecule has 2 saturated heterocycles. The number of ether oxygens (including phenoxy) is 2. The predicted molar refractivity (Wildman–Crippen MR) is 137 cm³/mol. The minimum Gasteiger partial charge on any atom is -0.650 e. The summed E-state index contributed by atoms with van der Waals surface area (Å²) in [5.74, 6) is -0.983. The van der Waals surface area contributed by atoms with Crippen LogP contribution in [0.25, 0.3) is 5.32 Å². The molecule has 0 aliphatic carbocycles. The number of allylic oxidation sites excluding steroid dienone is 1. The van der Waals surface area contributed by atoms with Crippen LogP contribution in [0.1, 0.15) is 63.7 Å². The van der Waals surface area contributed by atoms with Gasteiger partial charge in [-0.2, -0.15) is 0 Å². The molecule has 3 heterocycles. The Kier molecular flexibility index (Phi) is 7.35. The summed E-state index contributed by atoms with van der Waals surface area (Å²) in [7, 11) is 0. The Bertz CT molecular complexity index is 1250. The molecule has 5 rings (SSSR count). The molecule has 2 aromatic rings. The van der Waals surface area contributed by atoms with E-state index in [1.807, 2.05) is 13.0 Å². The van der Waals surface area contributed by atoms with Crippen molar-refractivity contribution in [1.29, 1.82) is 0 Å². The maximum absolute atomic E-state index is 13.5. The second-order valence-corrected chi connectivity index (χ2v) is 10.8. The molecule has 2 aromatic carbocycles. The standard InChI is InChI=1S/C28H34N2O6.Li/c1-16(8-9-23-28(4,36-23)12-10-22-27(2,3)35-22)11-13-30-19-14-17(31)15-21(33)25(19)29-24-18(26(30)34)6-5-7-20(24)32;/h5-7,11,14-15,22-23H,8-10,12-13H2,1-4H3,(H4,29,31,32,33,34);/q;+1/p-1/b16-11+;. The van der Waals surface area contributed by atoms with Crippen LogP contribution in [0.4, 0.5) is 17.1 Å². The Hall–Kier alpha value is -2.63. The summed E-state index contributed by atoms with van der Waals surface area (Å²) in [6.07, 6.45) is 6.22. The largest absolute Gasteiger partial charge is 1.00 e. The smallest absolute Gasteiger partial charge is 0.650 e. The number of para-hydroxylation sites is 1. The summed E-state index contributed by atoms with van der Waals surface area (Å²) < 4.78 is 11.7. The van der Waals surface area contributed by atoms with Crippen LogP contribution in [0.15, 0.2) is 42.0 Å². The van der Waals surface area contributed by atoms with Gasteiger partial charge in [-0.1, -0.05) is 35.2 Å². The van der Waals surface area contributed by atoms with Crippen molar-refractivity contribution in [2.45, 2.75) is 76.8 Å². The van der Waals surface area contributed by atoms with E-state index in [2.05, 4.69) is 26.1 Å². The molecular weight excluding hydrogens is 467 g/mol. The number of amides is 1. The fourth-order valence-corrected chi connectivity index (χ4v) is 5.02. The van der Waals surface area contributed by atoms with E-state index in [-0.39, 0.29) is 88.5 Å². The Morgan fingerprint density at radius 1 is 1.05 bits per heavy atom. The summed E-state index contributed by atoms with van der Waals surface area (Å²) in [6, 6.07) is 7.18. The van der Waals surface area contributed by atoms with E-state index < -0.39 is 0 Å². The fraction of sp³-hybridized carbons (Fsp3) is 0.464. The number of epoxide rings is 2. The molecule has 0 saturated carbocycles. The van der Waals surface area contributed by atoms with Crippen LogP contribution in [0.2, 0.25) is 0 Å². The molecule has 3 unspecified atom stereocenters. The van der Waals surface area contributed by atoms with E-state index in [4.69, 9.17) is 9.47 Å². The zero-order valence-corrected chi connectivity index (χ0v) is 22.1. The number of aromatic hydroxyl groups is 3. The summed E-state index contributed by atoms with van der Waals surface area (Å²) >= 11 is 0. The molecule has 3 aliphatic heterocycles. The van der Waals surface area contributed by atoms with Gasteiger partial charge in [0.1, 0.15) is 17.2 Å². The van der Waals surface area contributed by atoms with Gasteiger partial charge in [0.05, 0.1) is 23.4 Å². The molecule has 3 N–H and O–H groups in total. The van der Waals surface area contributed by atoms with Crippen molar-refractivity contribution < 1.29 is 48.4 Å². The van der Waals surface area contributed by atoms with Gasteiger partial charge in [0.15, 0.2) is 0 Å². The fourth-order valence-electron chi connectivity index (χ4n) is 5.02. The molecule has 37 heavy (non-hydrogen) atoms. The van der Waals surface area contributed by atoms with E-state index in [1.165, 1.54) is 23.1 Å². The summed E-state index contributed by atoms with van der Waals surface area (Å²) in [4.78, 5) is 14.9. The molecule has 3 atom stereocenters. The third-order valence-corrected chi connectivity index (χ3v) is 7.58. The van der Waals surface area contributed by atoms with Crippen molar-refractivity contribution in [3.8, 4) is 17.2 Å². The van der Waals surface area contributed by atoms with Gasteiger partial charge in [-0.15, -0.1) is 0 Å². The van der Waals surface area contributed by atoms with Gasteiger partial charge in [0.25, 0.3) is 5.91 Å². The number of nitrogens with zero attached hydrogens (tertiary/aromatic N) is 2. The first-order valence-corrected chi connectivity index (χ1v) is 12.4. The molecule has 2 fully saturated rings. The third kappa shape index (κ3) is 5.48. The van der Waals surface area contributed by atoms with Gasteiger partial charge in [-0.05, 0) is 59.4 Å². The van der Waals surface area contributed by atoms with Crippen molar-refractivity contribution in [3.63, 3.8) is 0 Å². The summed E-state index contributed by atoms with van der Waals surface area (Å²) in [5.41, 5.74) is 1.74. The van der Waals surface area contributed by atoms with Crippen molar-refractivity contribution in [2.24, 2.45) is 0 Å². The first-order chi connectivity index (χ1) is 17.0. The van der Waals surface area contributed by atoms with Gasteiger partial charge in [0, 0.05) is 29.9 Å². The molecular formula is C28H33LiN2O6. The third-order valence-electron chi connectivity index (χ3n) is 7.58. The zero-order valence-electron chi connectivity index (χ0n) is 22.1. The van der Waals surface area contributed by atoms with Crippen molar-refractivity contribution in [3.05, 3.63) is 52.9 Å². The van der Waals surface area contributed by atoms with Crippen molar-refractivity contribution >= 4 is 23.0 Å². The number of phenolic OH excluding ortho intramolecular Hbond substituents is 3. The van der Waals surface area contributed by atoms with E-state index >= 15 is 0 Å². The first kappa shape index (κ1) is 27.4. The van der Waals surface area contributed by atoms with Crippen LogP contribution in [-0.2, 0) is 9.47 Å². The van der Waals surface area contributed by atoms with Crippen LogP contribution in [0, 0.1) is 0 Å². The Morgan fingerprint density at radius 3 is 2.49 bits per heavy atom. The second-order valence-electron chi connectivity index (χ2n) is 10.8. The van der Waals surface area contributed by atoms with Gasteiger partial charge >= 0.3 is 18.9 Å². The minimum absolute atomic E-state index is 0. The molecule has 192 valence electrons. The van der Waals surface area contributed by atoms with Crippen LogP contribution >= 0.6 is 0 Å². The molecule has 0 aromatic heterocycles. The summed E-state index contributed by atoms with van der Waals surface area (Å²) in [6.45, 7) is 8.64. The van der Waals surface area contributed by atoms with Crippen molar-refractivity contribution in [2.75, 3.05) is 11.4 Å². The molecule has 8 nitrogen and oxygen atoms in total. The van der Waals surface area contributed by atoms with Crippen LogP contribution < -0.4 is 23.8 Å². The van der Waals surface area contributed by atoms with E-state index in [0.717, 1.165) is 31.3 Å². The van der Waals surface area contributed by atoms with Crippen LogP contribution in [0.3, 0.4) is 0 Å². The van der Waals surface area contributed by atoms with Gasteiger partial charge in [-0.25, -0.2) is 0 Å². The number of rotatable bonds is 8. The summed E-state index contributed by atoms with van der Waals surface area (Å²) in [5, 5.41) is 35.3. The monoisotopic (exact) mass is 500 g/mol. The number of fused-ring (bicyclic) bond motifs is 2. The number of anilines is 1. The number of benzene rings is 2. The molecule has 0 spiro atoms. The molecule has 0 bridgehead atoms. The van der Waals surface area contributed by atoms with Crippen molar-refractivity contribution in [1.82, 2.24) is 0 Å². The molecule has 9 heteroatoms. The van der Waals surface area contributed by atoms with Gasteiger partial charge in [0.2, 0.25) is 0 Å². The number of phenols is 3.